The zero-order valence-electron chi connectivity index (χ0n) is 10.4. The third-order valence-electron chi connectivity index (χ3n) is 3.09. The van der Waals surface area contributed by atoms with E-state index in [0.717, 1.165) is 6.07 Å². The fourth-order valence-electron chi connectivity index (χ4n) is 2.12. The van der Waals surface area contributed by atoms with Gasteiger partial charge in [0.05, 0.1) is 27.3 Å². The molecule has 0 bridgehead atoms. The zero-order chi connectivity index (χ0) is 15.1. The van der Waals surface area contributed by atoms with Gasteiger partial charge in [0, 0.05) is 0 Å². The molecule has 3 rings (SSSR count). The molecule has 106 valence electrons. The van der Waals surface area contributed by atoms with Crippen LogP contribution in [0.25, 0.3) is 16.7 Å². The van der Waals surface area contributed by atoms with Gasteiger partial charge in [0.15, 0.2) is 0 Å². The number of aromatic amines is 1. The molecule has 0 aliphatic heterocycles. The lowest BCUT2D eigenvalue weighted by Crippen LogP contribution is -2.14. The van der Waals surface area contributed by atoms with E-state index >= 15 is 0 Å². The molecule has 1 aromatic heterocycles. The van der Waals surface area contributed by atoms with Crippen LogP contribution in [0.3, 0.4) is 0 Å². The maximum absolute atomic E-state index is 13.6. The maximum atomic E-state index is 13.6. The molecule has 2 N–H and O–H groups in total. The minimum absolute atomic E-state index is 0.0321. The largest absolute Gasteiger partial charge is 0.478 e. The second-order valence-corrected chi connectivity index (χ2v) is 4.81. The van der Waals surface area contributed by atoms with Gasteiger partial charge in [-0.2, -0.15) is 0 Å². The molecule has 0 amide bonds. The van der Waals surface area contributed by atoms with Gasteiger partial charge in [-0.1, -0.05) is 11.6 Å². The second kappa shape index (κ2) is 4.75. The number of nitrogens with one attached hydrogen (secondary N) is 1. The number of halogens is 2. The minimum atomic E-state index is -1.11. The van der Waals surface area contributed by atoms with E-state index in [1.54, 1.807) is 0 Å². The topological polar surface area (TPSA) is 75.1 Å². The first-order valence-electron chi connectivity index (χ1n) is 5.91. The van der Waals surface area contributed by atoms with Gasteiger partial charge in [-0.3, -0.25) is 4.57 Å². The van der Waals surface area contributed by atoms with E-state index in [4.69, 9.17) is 16.7 Å². The fraction of sp³-hybridized carbons (Fsp3) is 0. The molecular weight excluding hydrogens is 299 g/mol. The number of hydrogen-bond acceptors (Lipinski definition) is 2. The number of nitrogens with zero attached hydrogens (tertiary/aromatic N) is 1. The van der Waals surface area contributed by atoms with Crippen LogP contribution in [0, 0.1) is 5.82 Å². The third-order valence-corrected chi connectivity index (χ3v) is 3.40. The van der Waals surface area contributed by atoms with Gasteiger partial charge in [-0.05, 0) is 36.4 Å². The molecule has 0 radical (unpaired) electrons. The molecule has 0 saturated heterocycles. The summed E-state index contributed by atoms with van der Waals surface area (Å²) >= 11 is 5.62. The summed E-state index contributed by atoms with van der Waals surface area (Å²) in [6.07, 6.45) is 0. The van der Waals surface area contributed by atoms with Crippen LogP contribution in [0.5, 0.6) is 0 Å². The Kier molecular flexibility index (Phi) is 3.03. The Morgan fingerprint density at radius 3 is 2.67 bits per heavy atom. The van der Waals surface area contributed by atoms with Gasteiger partial charge in [0.25, 0.3) is 0 Å². The molecule has 0 fully saturated rings. The highest BCUT2D eigenvalue weighted by atomic mass is 35.5. The molecule has 0 atom stereocenters. The van der Waals surface area contributed by atoms with Crippen LogP contribution < -0.4 is 5.69 Å². The number of hydrogen-bond donors (Lipinski definition) is 2. The molecule has 21 heavy (non-hydrogen) atoms. The van der Waals surface area contributed by atoms with Crippen LogP contribution in [0.4, 0.5) is 4.39 Å². The summed E-state index contributed by atoms with van der Waals surface area (Å²) in [5.41, 5.74) is 0.608. The van der Waals surface area contributed by atoms with Gasteiger partial charge >= 0.3 is 11.7 Å². The average molecular weight is 307 g/mol. The Morgan fingerprint density at radius 1 is 1.24 bits per heavy atom. The summed E-state index contributed by atoms with van der Waals surface area (Å²) in [6, 6.07) is 8.15. The lowest BCUT2D eigenvalue weighted by atomic mass is 10.2. The summed E-state index contributed by atoms with van der Waals surface area (Å²) in [5.74, 6) is -1.77. The summed E-state index contributed by atoms with van der Waals surface area (Å²) in [5, 5.41) is 8.96. The maximum Gasteiger partial charge on any atom is 0.335 e. The Labute approximate surface area is 122 Å². The zero-order valence-corrected chi connectivity index (χ0v) is 11.2. The second-order valence-electron chi connectivity index (χ2n) is 4.40. The monoisotopic (exact) mass is 306 g/mol. The highest BCUT2D eigenvalue weighted by Gasteiger charge is 2.13. The predicted molar refractivity (Wildman–Crippen MR) is 75.8 cm³/mol. The molecule has 0 aliphatic carbocycles. The van der Waals surface area contributed by atoms with Crippen LogP contribution in [0.2, 0.25) is 5.02 Å². The van der Waals surface area contributed by atoms with Crippen molar-refractivity contribution in [1.29, 1.82) is 0 Å². The van der Waals surface area contributed by atoms with Crippen molar-refractivity contribution in [1.82, 2.24) is 9.55 Å². The molecule has 0 spiro atoms. The highest BCUT2D eigenvalue weighted by molar-refractivity contribution is 6.30. The van der Waals surface area contributed by atoms with Crippen molar-refractivity contribution in [2.75, 3.05) is 0 Å². The first-order valence-corrected chi connectivity index (χ1v) is 6.28. The van der Waals surface area contributed by atoms with E-state index < -0.39 is 17.5 Å². The number of carboxylic acids is 1. The first kappa shape index (κ1) is 13.4. The van der Waals surface area contributed by atoms with Gasteiger partial charge < -0.3 is 10.1 Å². The molecular formula is C14H8ClFN2O3. The first-order chi connectivity index (χ1) is 9.97. The van der Waals surface area contributed by atoms with E-state index in [-0.39, 0.29) is 16.3 Å². The molecule has 7 heteroatoms. The lowest BCUT2D eigenvalue weighted by molar-refractivity contribution is 0.0697. The molecule has 0 unspecified atom stereocenters. The molecule has 5 nitrogen and oxygen atoms in total. The number of H-pyrrole nitrogens is 1. The van der Waals surface area contributed by atoms with Gasteiger partial charge in [0.1, 0.15) is 5.82 Å². The van der Waals surface area contributed by atoms with Crippen molar-refractivity contribution in [3.8, 4) is 5.69 Å². The number of benzene rings is 2. The van der Waals surface area contributed by atoms with Crippen LogP contribution in [-0.2, 0) is 0 Å². The van der Waals surface area contributed by atoms with Crippen molar-refractivity contribution in [2.45, 2.75) is 0 Å². The summed E-state index contributed by atoms with van der Waals surface area (Å²) in [6.45, 7) is 0. The Balaban J connectivity index is 2.32. The number of fused-ring (bicyclic) bond motifs is 1. The van der Waals surface area contributed by atoms with E-state index in [0.29, 0.717) is 11.0 Å². The third kappa shape index (κ3) is 2.19. The van der Waals surface area contributed by atoms with Gasteiger partial charge in [-0.25, -0.2) is 14.0 Å². The van der Waals surface area contributed by atoms with E-state index in [9.17, 15) is 14.0 Å². The highest BCUT2D eigenvalue weighted by Crippen LogP contribution is 2.21. The molecule has 2 aromatic carbocycles. The normalized spacial score (nSPS) is 11.0. The molecule has 3 aromatic rings. The van der Waals surface area contributed by atoms with Gasteiger partial charge in [0.2, 0.25) is 0 Å². The van der Waals surface area contributed by atoms with Crippen LogP contribution >= 0.6 is 11.6 Å². The number of rotatable bonds is 2. The number of carboxylic acid groups (broad SMARTS) is 1. The van der Waals surface area contributed by atoms with E-state index in [2.05, 4.69) is 4.98 Å². The summed E-state index contributed by atoms with van der Waals surface area (Å²) in [7, 11) is 0. The van der Waals surface area contributed by atoms with Crippen LogP contribution in [-0.4, -0.2) is 20.6 Å². The lowest BCUT2D eigenvalue weighted by Gasteiger charge is -2.05. The standard InChI is InChI=1S/C14H8ClFN2O3/c15-9-3-2-8(6-10(9)16)18-12-5-7(13(19)20)1-4-11(12)17-14(18)21/h1-6H,(H,17,21)(H,19,20). The summed E-state index contributed by atoms with van der Waals surface area (Å²) < 4.78 is 14.8. The SMILES string of the molecule is O=C(O)c1ccc2[nH]c(=O)n(-c3ccc(Cl)c(F)c3)c2c1. The number of aromatic carboxylic acids is 1. The van der Waals surface area contributed by atoms with Crippen LogP contribution in [0.15, 0.2) is 41.2 Å². The van der Waals surface area contributed by atoms with Crippen molar-refractivity contribution in [3.63, 3.8) is 0 Å². The predicted octanol–water partition coefficient (Wildman–Crippen LogP) is 2.81. The van der Waals surface area contributed by atoms with E-state index in [1.165, 1.54) is 34.9 Å². The molecule has 0 aliphatic rings. The summed E-state index contributed by atoms with van der Waals surface area (Å²) in [4.78, 5) is 25.6. The van der Waals surface area contributed by atoms with Crippen LogP contribution in [0.1, 0.15) is 10.4 Å². The molecule has 1 heterocycles. The average Bonchev–Trinajstić information content (AvgIpc) is 2.77. The van der Waals surface area contributed by atoms with E-state index in [1.807, 2.05) is 0 Å². The Hall–Kier alpha value is -2.60. The van der Waals surface area contributed by atoms with Crippen molar-refractivity contribution < 1.29 is 14.3 Å². The number of imidazole rings is 1. The van der Waals surface area contributed by atoms with Crippen molar-refractivity contribution in [3.05, 3.63) is 63.3 Å². The van der Waals surface area contributed by atoms with Gasteiger partial charge in [-0.15, -0.1) is 0 Å². The minimum Gasteiger partial charge on any atom is -0.478 e. The number of aromatic nitrogens is 2. The molecule has 0 saturated carbocycles. The Morgan fingerprint density at radius 2 is 2.00 bits per heavy atom. The number of carbonyl (C=O) groups is 1. The quantitative estimate of drug-likeness (QED) is 0.764. The Bertz CT molecular complexity index is 930. The van der Waals surface area contributed by atoms with Crippen molar-refractivity contribution in [2.24, 2.45) is 0 Å². The fourth-order valence-corrected chi connectivity index (χ4v) is 2.23. The van der Waals surface area contributed by atoms with Crippen molar-refractivity contribution >= 4 is 28.6 Å². The smallest absolute Gasteiger partial charge is 0.335 e.